The van der Waals surface area contributed by atoms with Crippen LogP contribution in [0.4, 0.5) is 28.2 Å². The summed E-state index contributed by atoms with van der Waals surface area (Å²) in [5.74, 6) is -0.996. The van der Waals surface area contributed by atoms with Crippen LogP contribution >= 0.6 is 0 Å². The standard InChI is InChI=1S/C23H24F4N6O3/c1-22(2,3)36-21(35)32-9-15(24)16(10-32)31-20(34)13-6-4-5-12(7-13)17-8-14(23(25,26)27)18-19(28)29-11-30-33(17)18/h4-8,11,15-16H,9-10H2,1-3H3,(H,31,34)(H2,28,29,30). The van der Waals surface area contributed by atoms with Crippen LogP contribution < -0.4 is 11.1 Å². The number of hydrogen-bond donors (Lipinski definition) is 2. The molecule has 0 bridgehead atoms. The van der Waals surface area contributed by atoms with Gasteiger partial charge in [0, 0.05) is 17.7 Å². The molecule has 2 atom stereocenters. The van der Waals surface area contributed by atoms with Crippen LogP contribution in [0.15, 0.2) is 36.7 Å². The molecule has 192 valence electrons. The van der Waals surface area contributed by atoms with Crippen LogP contribution in [0.3, 0.4) is 0 Å². The molecule has 13 heteroatoms. The van der Waals surface area contributed by atoms with Crippen LogP contribution in [0.2, 0.25) is 0 Å². The zero-order valence-corrected chi connectivity index (χ0v) is 19.6. The van der Waals surface area contributed by atoms with Gasteiger partial charge in [0.25, 0.3) is 5.91 Å². The fraction of sp³-hybridized carbons (Fsp3) is 0.391. The fourth-order valence-corrected chi connectivity index (χ4v) is 3.94. The van der Waals surface area contributed by atoms with Crippen LogP contribution in [0.25, 0.3) is 16.8 Å². The number of nitrogen functional groups attached to an aromatic ring is 1. The Morgan fingerprint density at radius 2 is 1.89 bits per heavy atom. The average Bonchev–Trinajstić information content (AvgIpc) is 3.35. The Morgan fingerprint density at radius 1 is 1.17 bits per heavy atom. The molecule has 0 aliphatic carbocycles. The maximum atomic E-state index is 14.6. The number of likely N-dealkylation sites (tertiary alicyclic amines) is 1. The second-order valence-corrected chi connectivity index (χ2v) is 9.41. The molecule has 3 N–H and O–H groups in total. The van der Waals surface area contributed by atoms with E-state index in [1.165, 1.54) is 29.2 Å². The number of nitrogens with two attached hydrogens (primary N) is 1. The van der Waals surface area contributed by atoms with Crippen molar-refractivity contribution < 1.29 is 31.9 Å². The van der Waals surface area contributed by atoms with Crippen molar-refractivity contribution in [2.24, 2.45) is 0 Å². The summed E-state index contributed by atoms with van der Waals surface area (Å²) in [5.41, 5.74) is 3.90. The number of nitrogens with zero attached hydrogens (tertiary/aromatic N) is 4. The van der Waals surface area contributed by atoms with E-state index in [-0.39, 0.29) is 35.7 Å². The number of aromatic nitrogens is 3. The molecule has 36 heavy (non-hydrogen) atoms. The summed E-state index contributed by atoms with van der Waals surface area (Å²) in [4.78, 5) is 29.9. The minimum Gasteiger partial charge on any atom is -0.444 e. The zero-order chi connectivity index (χ0) is 26.4. The topological polar surface area (TPSA) is 115 Å². The second-order valence-electron chi connectivity index (χ2n) is 9.41. The minimum absolute atomic E-state index is 0.0430. The van der Waals surface area contributed by atoms with Crippen molar-refractivity contribution in [3.8, 4) is 11.3 Å². The number of ether oxygens (including phenoxy) is 1. The molecule has 3 heterocycles. The molecule has 1 aliphatic heterocycles. The van der Waals surface area contributed by atoms with E-state index in [1.807, 2.05) is 0 Å². The van der Waals surface area contributed by atoms with E-state index in [0.29, 0.717) is 0 Å². The lowest BCUT2D eigenvalue weighted by Crippen LogP contribution is -2.42. The van der Waals surface area contributed by atoms with Gasteiger partial charge in [-0.2, -0.15) is 18.3 Å². The highest BCUT2D eigenvalue weighted by molar-refractivity contribution is 5.96. The van der Waals surface area contributed by atoms with Crippen LogP contribution in [0, 0.1) is 0 Å². The Morgan fingerprint density at radius 3 is 2.56 bits per heavy atom. The molecular weight excluding hydrogens is 484 g/mol. The maximum Gasteiger partial charge on any atom is 0.418 e. The molecule has 2 aromatic heterocycles. The Balaban J connectivity index is 1.57. The summed E-state index contributed by atoms with van der Waals surface area (Å²) < 4.78 is 61.7. The average molecular weight is 508 g/mol. The molecule has 0 radical (unpaired) electrons. The quantitative estimate of drug-likeness (QED) is 0.522. The van der Waals surface area contributed by atoms with E-state index >= 15 is 0 Å². The van der Waals surface area contributed by atoms with Crippen LogP contribution in [0.1, 0.15) is 36.7 Å². The summed E-state index contributed by atoms with van der Waals surface area (Å²) in [6, 6.07) is 5.70. The number of nitrogens with one attached hydrogen (secondary N) is 1. The van der Waals surface area contributed by atoms with Gasteiger partial charge >= 0.3 is 12.3 Å². The molecule has 0 spiro atoms. The number of carbonyl (C=O) groups excluding carboxylic acids is 2. The molecular formula is C23H24F4N6O3. The van der Waals surface area contributed by atoms with Crippen molar-refractivity contribution in [1.29, 1.82) is 0 Å². The summed E-state index contributed by atoms with van der Waals surface area (Å²) in [6.45, 7) is 4.73. The number of rotatable bonds is 3. The van der Waals surface area contributed by atoms with Crippen LogP contribution in [0.5, 0.6) is 0 Å². The van der Waals surface area contributed by atoms with E-state index in [0.717, 1.165) is 16.9 Å². The van der Waals surface area contributed by atoms with E-state index in [4.69, 9.17) is 10.5 Å². The van der Waals surface area contributed by atoms with E-state index < -0.39 is 47.1 Å². The van der Waals surface area contributed by atoms with Gasteiger partial charge in [-0.15, -0.1) is 0 Å². The van der Waals surface area contributed by atoms with Gasteiger partial charge in [0.1, 0.15) is 23.6 Å². The number of anilines is 1. The lowest BCUT2D eigenvalue weighted by Gasteiger charge is -2.24. The first kappa shape index (κ1) is 25.2. The van der Waals surface area contributed by atoms with Crippen molar-refractivity contribution in [3.05, 3.63) is 47.8 Å². The van der Waals surface area contributed by atoms with Gasteiger partial charge in [-0.1, -0.05) is 12.1 Å². The van der Waals surface area contributed by atoms with Gasteiger partial charge in [0.15, 0.2) is 5.82 Å². The molecule has 1 saturated heterocycles. The number of hydrogen-bond acceptors (Lipinski definition) is 6. The van der Waals surface area contributed by atoms with Crippen molar-refractivity contribution in [2.45, 2.75) is 44.8 Å². The summed E-state index contributed by atoms with van der Waals surface area (Å²) >= 11 is 0. The first-order chi connectivity index (χ1) is 16.7. The van der Waals surface area contributed by atoms with Crippen molar-refractivity contribution in [1.82, 2.24) is 24.8 Å². The maximum absolute atomic E-state index is 14.6. The second kappa shape index (κ2) is 8.95. The lowest BCUT2D eigenvalue weighted by atomic mass is 10.1. The third kappa shape index (κ3) is 5.04. The summed E-state index contributed by atoms with van der Waals surface area (Å²) in [6.07, 6.45) is -5.89. The smallest absolute Gasteiger partial charge is 0.418 e. The molecule has 3 aromatic rings. The Bertz CT molecular complexity index is 1320. The van der Waals surface area contributed by atoms with Crippen molar-refractivity contribution in [2.75, 3.05) is 18.8 Å². The Hall–Kier alpha value is -3.90. The number of amides is 2. The summed E-state index contributed by atoms with van der Waals surface area (Å²) in [5, 5.41) is 6.45. The highest BCUT2D eigenvalue weighted by atomic mass is 19.4. The minimum atomic E-state index is -4.71. The number of carbonyl (C=O) groups is 2. The Kier molecular flexibility index (Phi) is 6.27. The number of halogens is 4. The van der Waals surface area contributed by atoms with Crippen LogP contribution in [-0.2, 0) is 10.9 Å². The van der Waals surface area contributed by atoms with Crippen molar-refractivity contribution >= 4 is 23.3 Å². The fourth-order valence-electron chi connectivity index (χ4n) is 3.94. The normalized spacial score (nSPS) is 18.5. The van der Waals surface area contributed by atoms with Gasteiger partial charge < -0.3 is 20.7 Å². The third-order valence-corrected chi connectivity index (χ3v) is 5.53. The predicted molar refractivity (Wildman–Crippen MR) is 122 cm³/mol. The monoisotopic (exact) mass is 508 g/mol. The van der Waals surface area contributed by atoms with E-state index in [1.54, 1.807) is 20.8 Å². The molecule has 1 fully saturated rings. The molecule has 1 aliphatic rings. The molecule has 9 nitrogen and oxygen atoms in total. The van der Waals surface area contributed by atoms with Gasteiger partial charge in [-0.25, -0.2) is 18.7 Å². The molecule has 2 unspecified atom stereocenters. The number of alkyl halides is 4. The van der Waals surface area contributed by atoms with Crippen LogP contribution in [-0.4, -0.2) is 62.4 Å². The number of benzene rings is 1. The van der Waals surface area contributed by atoms with Crippen molar-refractivity contribution in [3.63, 3.8) is 0 Å². The summed E-state index contributed by atoms with van der Waals surface area (Å²) in [7, 11) is 0. The van der Waals surface area contributed by atoms with Gasteiger partial charge in [-0.05, 0) is 39.0 Å². The Labute approximate surface area is 203 Å². The first-order valence-corrected chi connectivity index (χ1v) is 11.0. The largest absolute Gasteiger partial charge is 0.444 e. The molecule has 1 aromatic carbocycles. The zero-order valence-electron chi connectivity index (χ0n) is 19.6. The first-order valence-electron chi connectivity index (χ1n) is 11.0. The number of fused-ring (bicyclic) bond motifs is 1. The molecule has 4 rings (SSSR count). The van der Waals surface area contributed by atoms with Gasteiger partial charge in [-0.3, -0.25) is 4.79 Å². The third-order valence-electron chi connectivity index (χ3n) is 5.53. The predicted octanol–water partition coefficient (Wildman–Crippen LogP) is 3.68. The van der Waals surface area contributed by atoms with Gasteiger partial charge in [0.05, 0.1) is 23.8 Å². The van der Waals surface area contributed by atoms with Gasteiger partial charge in [0.2, 0.25) is 0 Å². The SMILES string of the molecule is CC(C)(C)OC(=O)N1CC(F)C(NC(=O)c2cccc(-c3cc(C(F)(F)F)c4c(N)ncnn34)c2)C1. The lowest BCUT2D eigenvalue weighted by molar-refractivity contribution is -0.136. The van der Waals surface area contributed by atoms with E-state index in [2.05, 4.69) is 15.4 Å². The highest BCUT2D eigenvalue weighted by Crippen LogP contribution is 2.38. The highest BCUT2D eigenvalue weighted by Gasteiger charge is 2.39. The molecule has 2 amide bonds. The van der Waals surface area contributed by atoms with E-state index in [9.17, 15) is 27.2 Å². The molecule has 0 saturated carbocycles.